The van der Waals surface area contributed by atoms with Gasteiger partial charge in [-0.15, -0.1) is 0 Å². The molecule has 0 saturated carbocycles. The van der Waals surface area contributed by atoms with Crippen LogP contribution in [0.25, 0.3) is 0 Å². The normalized spacial score (nSPS) is 17.9. The summed E-state index contributed by atoms with van der Waals surface area (Å²) in [5, 5.41) is 3.26. The van der Waals surface area contributed by atoms with Gasteiger partial charge >= 0.3 is 0 Å². The molecule has 1 aliphatic heterocycles. The van der Waals surface area contributed by atoms with E-state index < -0.39 is 0 Å². The van der Waals surface area contributed by atoms with Crippen molar-refractivity contribution in [1.82, 2.24) is 5.32 Å². The van der Waals surface area contributed by atoms with Crippen LogP contribution in [0.15, 0.2) is 24.3 Å². The summed E-state index contributed by atoms with van der Waals surface area (Å²) in [7, 11) is 1.78. The Morgan fingerprint density at radius 3 is 2.75 bits per heavy atom. The Labute approximate surface area is 96.8 Å². The Bertz CT molecular complexity index is 342. The van der Waals surface area contributed by atoms with Gasteiger partial charge in [-0.3, -0.25) is 0 Å². The highest BCUT2D eigenvalue weighted by atomic mass is 16.5. The average Bonchev–Trinajstić information content (AvgIpc) is 2.25. The number of nitrogens with one attached hydrogen (secondary N) is 1. The first-order chi connectivity index (χ1) is 7.78. The molecule has 16 heavy (non-hydrogen) atoms. The molecule has 0 bridgehead atoms. The number of ether oxygens (including phenoxy) is 2. The lowest BCUT2D eigenvalue weighted by Gasteiger charge is -2.41. The molecule has 0 atom stereocenters. The molecule has 0 aromatic heterocycles. The van der Waals surface area contributed by atoms with Crippen molar-refractivity contribution < 1.29 is 9.47 Å². The van der Waals surface area contributed by atoms with Gasteiger partial charge in [-0.2, -0.15) is 0 Å². The van der Waals surface area contributed by atoms with Gasteiger partial charge in [0.2, 0.25) is 0 Å². The molecule has 2 rings (SSSR count). The summed E-state index contributed by atoms with van der Waals surface area (Å²) in [5.74, 6) is 0.943. The van der Waals surface area contributed by atoms with E-state index in [-0.39, 0.29) is 5.60 Å². The van der Waals surface area contributed by atoms with E-state index in [1.165, 1.54) is 5.56 Å². The van der Waals surface area contributed by atoms with E-state index >= 15 is 0 Å². The van der Waals surface area contributed by atoms with E-state index in [2.05, 4.69) is 17.4 Å². The second-order valence-corrected chi connectivity index (χ2v) is 4.25. The van der Waals surface area contributed by atoms with Gasteiger partial charge in [-0.1, -0.05) is 12.1 Å². The van der Waals surface area contributed by atoms with Crippen molar-refractivity contribution in [3.8, 4) is 5.75 Å². The van der Waals surface area contributed by atoms with Crippen molar-refractivity contribution in [2.75, 3.05) is 26.8 Å². The summed E-state index contributed by atoms with van der Waals surface area (Å²) in [6.45, 7) is 4.57. The second kappa shape index (κ2) is 4.85. The molecule has 88 valence electrons. The number of benzene rings is 1. The zero-order valence-corrected chi connectivity index (χ0v) is 9.95. The summed E-state index contributed by atoms with van der Waals surface area (Å²) in [6, 6.07) is 8.26. The minimum Gasteiger partial charge on any atom is -0.494 e. The lowest BCUT2D eigenvalue weighted by Crippen LogP contribution is -2.61. The number of hydrogen-bond donors (Lipinski definition) is 1. The van der Waals surface area contributed by atoms with Gasteiger partial charge in [0.15, 0.2) is 0 Å². The van der Waals surface area contributed by atoms with Crippen LogP contribution in [-0.4, -0.2) is 32.4 Å². The fourth-order valence-electron chi connectivity index (χ4n) is 2.03. The Hall–Kier alpha value is -1.06. The van der Waals surface area contributed by atoms with E-state index in [0.29, 0.717) is 6.61 Å². The predicted molar refractivity (Wildman–Crippen MR) is 63.9 cm³/mol. The van der Waals surface area contributed by atoms with Crippen LogP contribution in [0.3, 0.4) is 0 Å². The van der Waals surface area contributed by atoms with Crippen LogP contribution >= 0.6 is 0 Å². The molecular formula is C13H19NO2. The number of rotatable bonds is 5. The van der Waals surface area contributed by atoms with Crippen molar-refractivity contribution in [3.63, 3.8) is 0 Å². The molecule has 0 spiro atoms. The maximum Gasteiger partial charge on any atom is 0.119 e. The molecule has 1 aromatic rings. The molecule has 0 aliphatic carbocycles. The van der Waals surface area contributed by atoms with Crippen LogP contribution in [0, 0.1) is 0 Å². The lowest BCUT2D eigenvalue weighted by molar-refractivity contribution is -0.0502. The lowest BCUT2D eigenvalue weighted by atomic mass is 9.89. The van der Waals surface area contributed by atoms with Crippen LogP contribution in [0.2, 0.25) is 0 Å². The number of hydrogen-bond acceptors (Lipinski definition) is 3. The summed E-state index contributed by atoms with van der Waals surface area (Å²) < 4.78 is 11.1. The van der Waals surface area contributed by atoms with E-state index in [4.69, 9.17) is 9.47 Å². The second-order valence-electron chi connectivity index (χ2n) is 4.25. The summed E-state index contributed by atoms with van der Waals surface area (Å²) >= 11 is 0. The third kappa shape index (κ3) is 2.36. The SMILES string of the molecule is CCOc1cccc(CC2(OC)CNC2)c1. The zero-order chi connectivity index (χ0) is 11.4. The smallest absolute Gasteiger partial charge is 0.119 e. The molecule has 0 amide bonds. The quantitative estimate of drug-likeness (QED) is 0.819. The maximum absolute atomic E-state index is 5.57. The van der Waals surface area contributed by atoms with Crippen molar-refractivity contribution >= 4 is 0 Å². The molecule has 3 nitrogen and oxygen atoms in total. The summed E-state index contributed by atoms with van der Waals surface area (Å²) in [6.07, 6.45) is 0.942. The first-order valence-corrected chi connectivity index (χ1v) is 5.75. The van der Waals surface area contributed by atoms with Gasteiger partial charge in [0.1, 0.15) is 5.75 Å². The van der Waals surface area contributed by atoms with Gasteiger partial charge in [0.25, 0.3) is 0 Å². The average molecular weight is 221 g/mol. The Morgan fingerprint density at radius 2 is 2.19 bits per heavy atom. The topological polar surface area (TPSA) is 30.5 Å². The molecule has 0 unspecified atom stereocenters. The van der Waals surface area contributed by atoms with Gasteiger partial charge in [0, 0.05) is 26.6 Å². The van der Waals surface area contributed by atoms with E-state index in [0.717, 1.165) is 25.3 Å². The van der Waals surface area contributed by atoms with E-state index in [1.807, 2.05) is 19.1 Å². The van der Waals surface area contributed by atoms with E-state index in [1.54, 1.807) is 7.11 Å². The first-order valence-electron chi connectivity index (χ1n) is 5.75. The minimum atomic E-state index is -0.00909. The summed E-state index contributed by atoms with van der Waals surface area (Å²) in [5.41, 5.74) is 1.26. The molecule has 1 heterocycles. The highest BCUT2D eigenvalue weighted by Gasteiger charge is 2.36. The molecule has 1 saturated heterocycles. The molecular weight excluding hydrogens is 202 g/mol. The predicted octanol–water partition coefficient (Wildman–Crippen LogP) is 1.62. The van der Waals surface area contributed by atoms with Gasteiger partial charge in [0.05, 0.1) is 12.2 Å². The standard InChI is InChI=1S/C13H19NO2/c1-3-16-12-6-4-5-11(7-12)8-13(15-2)9-14-10-13/h4-7,14H,3,8-10H2,1-2H3. The van der Waals surface area contributed by atoms with Crippen LogP contribution < -0.4 is 10.1 Å². The van der Waals surface area contributed by atoms with Crippen molar-refractivity contribution in [2.24, 2.45) is 0 Å². The molecule has 3 heteroatoms. The zero-order valence-electron chi connectivity index (χ0n) is 9.95. The Balaban J connectivity index is 2.05. The highest BCUT2D eigenvalue weighted by Crippen LogP contribution is 2.23. The van der Waals surface area contributed by atoms with Gasteiger partial charge < -0.3 is 14.8 Å². The Kier molecular flexibility index (Phi) is 3.46. The van der Waals surface area contributed by atoms with Crippen LogP contribution in [0.5, 0.6) is 5.75 Å². The molecule has 1 aliphatic rings. The first kappa shape index (κ1) is 11.4. The third-order valence-electron chi connectivity index (χ3n) is 3.06. The summed E-state index contributed by atoms with van der Waals surface area (Å²) in [4.78, 5) is 0. The Morgan fingerprint density at radius 1 is 1.38 bits per heavy atom. The molecule has 1 N–H and O–H groups in total. The number of methoxy groups -OCH3 is 1. The highest BCUT2D eigenvalue weighted by molar-refractivity contribution is 5.30. The van der Waals surface area contributed by atoms with Crippen LogP contribution in [-0.2, 0) is 11.2 Å². The van der Waals surface area contributed by atoms with Gasteiger partial charge in [-0.25, -0.2) is 0 Å². The largest absolute Gasteiger partial charge is 0.494 e. The molecule has 1 aromatic carbocycles. The van der Waals surface area contributed by atoms with Crippen LogP contribution in [0.1, 0.15) is 12.5 Å². The third-order valence-corrected chi connectivity index (χ3v) is 3.06. The van der Waals surface area contributed by atoms with Crippen molar-refractivity contribution in [1.29, 1.82) is 0 Å². The molecule has 0 radical (unpaired) electrons. The van der Waals surface area contributed by atoms with Gasteiger partial charge in [-0.05, 0) is 24.6 Å². The van der Waals surface area contributed by atoms with E-state index in [9.17, 15) is 0 Å². The maximum atomic E-state index is 5.57. The van der Waals surface area contributed by atoms with Crippen molar-refractivity contribution in [3.05, 3.63) is 29.8 Å². The minimum absolute atomic E-state index is 0.00909. The van der Waals surface area contributed by atoms with Crippen molar-refractivity contribution in [2.45, 2.75) is 18.9 Å². The molecule has 1 fully saturated rings. The fourth-order valence-corrected chi connectivity index (χ4v) is 2.03. The fraction of sp³-hybridized carbons (Fsp3) is 0.538. The monoisotopic (exact) mass is 221 g/mol. The van der Waals surface area contributed by atoms with Crippen LogP contribution in [0.4, 0.5) is 0 Å².